The Bertz CT molecular complexity index is 992. The van der Waals surface area contributed by atoms with E-state index >= 15 is 0 Å². The molecule has 1 heterocycles. The van der Waals surface area contributed by atoms with Crippen LogP contribution in [0.15, 0.2) is 42.4 Å². The fourth-order valence-electron chi connectivity index (χ4n) is 2.13. The number of phenolic OH excluding ortho intramolecular Hbond substituents is 3. The molecule has 0 atom stereocenters. The van der Waals surface area contributed by atoms with E-state index in [9.17, 15) is 25.2 Å². The van der Waals surface area contributed by atoms with Crippen LogP contribution in [-0.4, -0.2) is 20.4 Å². The van der Waals surface area contributed by atoms with Crippen molar-refractivity contribution < 1.29 is 24.8 Å². The van der Waals surface area contributed by atoms with Crippen LogP contribution in [0, 0.1) is 0 Å². The van der Waals surface area contributed by atoms with Crippen LogP contribution in [0.4, 0.5) is 0 Å². The largest absolute Gasteiger partial charge is 0.508 e. The van der Waals surface area contributed by atoms with Gasteiger partial charge in [0.15, 0.2) is 17.1 Å². The molecule has 2 aromatic carbocycles. The maximum absolute atomic E-state index is 12.4. The fourth-order valence-corrected chi connectivity index (χ4v) is 3.27. The minimum absolute atomic E-state index is 0.0109. The summed E-state index contributed by atoms with van der Waals surface area (Å²) < 4.78 is 5.48. The Hall–Kier alpha value is -2.19. The molecule has 3 rings (SSSR count). The molecule has 0 unspecified atom stereocenters. The lowest BCUT2D eigenvalue weighted by Gasteiger charge is -2.11. The molecule has 0 radical (unpaired) electrons. The Morgan fingerprint density at radius 2 is 1.43 bits per heavy atom. The summed E-state index contributed by atoms with van der Waals surface area (Å²) >= 11 is 6.06. The lowest BCUT2D eigenvalue weighted by molar-refractivity contribution is 0.433. The number of benzene rings is 2. The van der Waals surface area contributed by atoms with Crippen LogP contribution < -0.4 is 5.43 Å². The van der Waals surface area contributed by atoms with Crippen molar-refractivity contribution in [3.8, 4) is 34.3 Å². The topological polar surface area (TPSA) is 111 Å². The van der Waals surface area contributed by atoms with Gasteiger partial charge in [-0.1, -0.05) is 0 Å². The molecule has 0 saturated heterocycles. The third-order valence-corrected chi connectivity index (χ3v) is 4.76. The highest BCUT2D eigenvalue weighted by Crippen LogP contribution is 2.46. The summed E-state index contributed by atoms with van der Waals surface area (Å²) in [5.74, 6) is -1.72. The molecule has 3 aromatic rings. The first-order valence-electron chi connectivity index (χ1n) is 6.21. The molecule has 0 saturated carbocycles. The highest BCUT2D eigenvalue weighted by molar-refractivity contribution is 9.11. The number of hydrogen-bond donors (Lipinski definition) is 4. The summed E-state index contributed by atoms with van der Waals surface area (Å²) in [7, 11) is 0. The first-order chi connectivity index (χ1) is 10.8. The molecule has 1 aromatic heterocycles. The molecule has 4 N–H and O–H groups in total. The molecule has 8 heteroatoms. The van der Waals surface area contributed by atoms with Gasteiger partial charge in [0.05, 0.1) is 0 Å². The molecule has 0 bridgehead atoms. The van der Waals surface area contributed by atoms with Gasteiger partial charge in [-0.3, -0.25) is 4.79 Å². The minimum Gasteiger partial charge on any atom is -0.508 e. The number of fused-ring (bicyclic) bond motifs is 1. The van der Waals surface area contributed by atoms with Crippen molar-refractivity contribution in [2.24, 2.45) is 0 Å². The zero-order valence-electron chi connectivity index (χ0n) is 11.2. The summed E-state index contributed by atoms with van der Waals surface area (Å²) in [6.45, 7) is 0. The van der Waals surface area contributed by atoms with Gasteiger partial charge in [-0.2, -0.15) is 0 Å². The number of halogens is 2. The highest BCUT2D eigenvalue weighted by Gasteiger charge is 2.24. The first kappa shape index (κ1) is 15.7. The molecular formula is C15H8Br2O6. The van der Waals surface area contributed by atoms with Gasteiger partial charge >= 0.3 is 0 Å². The van der Waals surface area contributed by atoms with E-state index in [1.165, 1.54) is 24.3 Å². The van der Waals surface area contributed by atoms with Gasteiger partial charge in [0.25, 0.3) is 0 Å². The first-order valence-corrected chi connectivity index (χ1v) is 7.79. The van der Waals surface area contributed by atoms with Crippen LogP contribution in [0.3, 0.4) is 0 Å². The summed E-state index contributed by atoms with van der Waals surface area (Å²) in [6, 6.07) is 5.63. The Balaban J connectivity index is 2.46. The second kappa shape index (κ2) is 5.47. The predicted molar refractivity (Wildman–Crippen MR) is 90.0 cm³/mol. The van der Waals surface area contributed by atoms with Gasteiger partial charge in [0.1, 0.15) is 25.8 Å². The summed E-state index contributed by atoms with van der Waals surface area (Å²) in [5, 5.41) is 39.1. The maximum Gasteiger partial charge on any atom is 0.238 e. The maximum atomic E-state index is 12.4. The zero-order valence-corrected chi connectivity index (χ0v) is 14.3. The smallest absolute Gasteiger partial charge is 0.238 e. The Morgan fingerprint density at radius 1 is 0.826 bits per heavy atom. The molecule has 0 spiro atoms. The van der Waals surface area contributed by atoms with E-state index in [1.807, 2.05) is 0 Å². The van der Waals surface area contributed by atoms with Gasteiger partial charge in [-0.25, -0.2) is 0 Å². The number of aromatic hydroxyl groups is 4. The van der Waals surface area contributed by atoms with Gasteiger partial charge < -0.3 is 24.8 Å². The van der Waals surface area contributed by atoms with Crippen LogP contribution >= 0.6 is 31.9 Å². The molecule has 6 nitrogen and oxygen atoms in total. The van der Waals surface area contributed by atoms with E-state index in [0.29, 0.717) is 5.56 Å². The summed E-state index contributed by atoms with van der Waals surface area (Å²) in [5.41, 5.74) is -0.629. The predicted octanol–water partition coefficient (Wildman–Crippen LogP) is 3.81. The lowest BCUT2D eigenvalue weighted by atomic mass is 10.1. The summed E-state index contributed by atoms with van der Waals surface area (Å²) in [6.07, 6.45) is 0. The van der Waals surface area contributed by atoms with E-state index < -0.39 is 16.9 Å². The van der Waals surface area contributed by atoms with Crippen molar-refractivity contribution in [1.82, 2.24) is 0 Å². The van der Waals surface area contributed by atoms with Crippen molar-refractivity contribution in [3.05, 3.63) is 43.4 Å². The molecule has 0 aliphatic rings. The van der Waals surface area contributed by atoms with Crippen LogP contribution in [-0.2, 0) is 0 Å². The molecule has 0 fully saturated rings. The van der Waals surface area contributed by atoms with Crippen molar-refractivity contribution >= 4 is 42.8 Å². The van der Waals surface area contributed by atoms with E-state index in [4.69, 9.17) is 4.42 Å². The van der Waals surface area contributed by atoms with Gasteiger partial charge in [0, 0.05) is 5.56 Å². The monoisotopic (exact) mass is 442 g/mol. The molecule has 0 amide bonds. The van der Waals surface area contributed by atoms with Crippen molar-refractivity contribution in [3.63, 3.8) is 0 Å². The van der Waals surface area contributed by atoms with Gasteiger partial charge in [-0.15, -0.1) is 0 Å². The Morgan fingerprint density at radius 3 is 2.04 bits per heavy atom. The minimum atomic E-state index is -0.853. The molecular weight excluding hydrogens is 436 g/mol. The standard InChI is InChI=1S/C15H8Br2O6/c16-8-10(19)7-11(20)13(22)14(5-1-3-6(18)4-2-5)23-15(7)9(17)12(8)21/h1-4,18-19,21-22H. The van der Waals surface area contributed by atoms with Crippen LogP contribution in [0.2, 0.25) is 0 Å². The van der Waals surface area contributed by atoms with Crippen LogP contribution in [0.5, 0.6) is 23.0 Å². The van der Waals surface area contributed by atoms with Crippen molar-refractivity contribution in [2.45, 2.75) is 0 Å². The van der Waals surface area contributed by atoms with Gasteiger partial charge in [0.2, 0.25) is 11.2 Å². The normalized spacial score (nSPS) is 11.0. The van der Waals surface area contributed by atoms with Crippen molar-refractivity contribution in [1.29, 1.82) is 0 Å². The van der Waals surface area contributed by atoms with E-state index in [0.717, 1.165) is 0 Å². The zero-order chi connectivity index (χ0) is 16.9. The lowest BCUT2D eigenvalue weighted by Crippen LogP contribution is -2.04. The van der Waals surface area contributed by atoms with Gasteiger partial charge in [-0.05, 0) is 56.1 Å². The highest BCUT2D eigenvalue weighted by atomic mass is 79.9. The molecule has 23 heavy (non-hydrogen) atoms. The van der Waals surface area contributed by atoms with Crippen LogP contribution in [0.1, 0.15) is 0 Å². The van der Waals surface area contributed by atoms with E-state index in [-0.39, 0.29) is 37.2 Å². The number of phenols is 3. The Labute approximate surface area is 145 Å². The molecule has 118 valence electrons. The second-order valence-electron chi connectivity index (χ2n) is 4.69. The van der Waals surface area contributed by atoms with E-state index in [1.54, 1.807) is 0 Å². The fraction of sp³-hybridized carbons (Fsp3) is 0. The third-order valence-electron chi connectivity index (χ3n) is 3.28. The molecule has 0 aliphatic carbocycles. The third kappa shape index (κ3) is 2.34. The average molecular weight is 444 g/mol. The SMILES string of the molecule is O=c1c(O)c(-c2ccc(O)cc2)oc2c(Br)c(O)c(Br)c(O)c12. The van der Waals surface area contributed by atoms with Crippen molar-refractivity contribution in [2.75, 3.05) is 0 Å². The second-order valence-corrected chi connectivity index (χ2v) is 6.27. The number of rotatable bonds is 1. The summed E-state index contributed by atoms with van der Waals surface area (Å²) in [4.78, 5) is 12.4. The van der Waals surface area contributed by atoms with E-state index in [2.05, 4.69) is 31.9 Å². The molecule has 0 aliphatic heterocycles. The average Bonchev–Trinajstić information content (AvgIpc) is 2.54. The number of hydrogen-bond acceptors (Lipinski definition) is 6. The van der Waals surface area contributed by atoms with Crippen LogP contribution in [0.25, 0.3) is 22.3 Å². The Kier molecular flexibility index (Phi) is 3.73. The quantitative estimate of drug-likeness (QED) is 0.455.